The Bertz CT molecular complexity index is 541. The quantitative estimate of drug-likeness (QED) is 0.712. The van der Waals surface area contributed by atoms with Gasteiger partial charge in [-0.05, 0) is 25.7 Å². The number of halogens is 1. The van der Waals surface area contributed by atoms with E-state index in [4.69, 9.17) is 5.73 Å². The average molecular weight is 375 g/mol. The zero-order valence-electron chi connectivity index (χ0n) is 12.8. The molecule has 0 atom stereocenters. The summed E-state index contributed by atoms with van der Waals surface area (Å²) in [5.74, 6) is -0.0707. The van der Waals surface area contributed by atoms with E-state index in [1.54, 1.807) is 0 Å². The van der Waals surface area contributed by atoms with E-state index in [1.165, 1.54) is 0 Å². The van der Waals surface area contributed by atoms with Crippen LogP contribution in [0.25, 0.3) is 0 Å². The van der Waals surface area contributed by atoms with Crippen molar-refractivity contribution in [1.82, 2.24) is 4.72 Å². The predicted molar refractivity (Wildman–Crippen MR) is 90.5 cm³/mol. The van der Waals surface area contributed by atoms with Crippen molar-refractivity contribution in [3.8, 4) is 0 Å². The smallest absolute Gasteiger partial charge is 0.214 e. The van der Waals surface area contributed by atoms with E-state index in [9.17, 15) is 16.8 Å². The molecule has 2 fully saturated rings. The van der Waals surface area contributed by atoms with Crippen LogP contribution in [-0.4, -0.2) is 45.7 Å². The molecule has 2 rings (SSSR count). The van der Waals surface area contributed by atoms with Gasteiger partial charge >= 0.3 is 0 Å². The van der Waals surface area contributed by atoms with Crippen molar-refractivity contribution in [3.05, 3.63) is 0 Å². The number of sulfonamides is 1. The van der Waals surface area contributed by atoms with Gasteiger partial charge in [-0.1, -0.05) is 25.7 Å². The second-order valence-electron chi connectivity index (χ2n) is 6.49. The molecule has 1 heterocycles. The molecule has 1 saturated carbocycles. The molecule has 0 aromatic rings. The van der Waals surface area contributed by atoms with E-state index in [2.05, 4.69) is 4.72 Å². The molecule has 1 aliphatic carbocycles. The van der Waals surface area contributed by atoms with Crippen LogP contribution in [-0.2, 0) is 19.9 Å². The van der Waals surface area contributed by atoms with Gasteiger partial charge in [-0.3, -0.25) is 0 Å². The Balaban J connectivity index is 0.00000242. The number of hydrogen-bond donors (Lipinski definition) is 2. The van der Waals surface area contributed by atoms with Gasteiger partial charge in [0, 0.05) is 12.1 Å². The van der Waals surface area contributed by atoms with Crippen molar-refractivity contribution in [3.63, 3.8) is 0 Å². The first kappa shape index (κ1) is 20.2. The third-order valence-electron chi connectivity index (χ3n) is 4.67. The number of sulfone groups is 1. The van der Waals surface area contributed by atoms with E-state index >= 15 is 0 Å². The number of hydrogen-bond acceptors (Lipinski definition) is 5. The number of rotatable bonds is 4. The molecule has 2 aliphatic rings. The zero-order valence-corrected chi connectivity index (χ0v) is 15.2. The van der Waals surface area contributed by atoms with Gasteiger partial charge in [0.05, 0.1) is 16.8 Å². The highest BCUT2D eigenvalue weighted by Crippen LogP contribution is 2.25. The van der Waals surface area contributed by atoms with Crippen LogP contribution in [0.3, 0.4) is 0 Å². The lowest BCUT2D eigenvalue weighted by Crippen LogP contribution is -2.52. The standard InChI is InChI=1S/C13H26N2O4S2.ClH/c14-13(7-3-1-2-4-8-13)11-15-21(18,19)12-5-9-20(16,17)10-6-12;/h12,15H,1-11,14H2;1H. The van der Waals surface area contributed by atoms with E-state index in [0.717, 1.165) is 38.5 Å². The fourth-order valence-corrected chi connectivity index (χ4v) is 6.52. The first-order chi connectivity index (χ1) is 9.73. The Labute approximate surface area is 140 Å². The van der Waals surface area contributed by atoms with Crippen LogP contribution in [0.5, 0.6) is 0 Å². The minimum Gasteiger partial charge on any atom is -0.324 e. The molecule has 132 valence electrons. The molecule has 0 bridgehead atoms. The molecule has 1 aliphatic heterocycles. The normalized spacial score (nSPS) is 25.9. The lowest BCUT2D eigenvalue weighted by atomic mass is 9.92. The second kappa shape index (κ2) is 7.79. The van der Waals surface area contributed by atoms with Crippen LogP contribution in [0.1, 0.15) is 51.4 Å². The van der Waals surface area contributed by atoms with E-state index < -0.39 is 30.6 Å². The molecule has 3 N–H and O–H groups in total. The molecular weight excluding hydrogens is 348 g/mol. The van der Waals surface area contributed by atoms with Crippen LogP contribution in [0.4, 0.5) is 0 Å². The topological polar surface area (TPSA) is 106 Å². The average Bonchev–Trinajstić information content (AvgIpc) is 2.62. The molecule has 22 heavy (non-hydrogen) atoms. The van der Waals surface area contributed by atoms with Gasteiger partial charge in [-0.2, -0.15) is 0 Å². The van der Waals surface area contributed by atoms with Crippen molar-refractivity contribution in [2.24, 2.45) is 5.73 Å². The van der Waals surface area contributed by atoms with Gasteiger partial charge in [-0.25, -0.2) is 21.6 Å². The minimum absolute atomic E-state index is 0. The molecule has 0 amide bonds. The summed E-state index contributed by atoms with van der Waals surface area (Å²) in [6, 6.07) is 0. The summed E-state index contributed by atoms with van der Waals surface area (Å²) >= 11 is 0. The lowest BCUT2D eigenvalue weighted by molar-refractivity contribution is 0.368. The van der Waals surface area contributed by atoms with Crippen molar-refractivity contribution >= 4 is 32.3 Å². The fraction of sp³-hybridized carbons (Fsp3) is 1.00. The first-order valence-electron chi connectivity index (χ1n) is 7.70. The van der Waals surface area contributed by atoms with Crippen molar-refractivity contribution in [2.75, 3.05) is 18.1 Å². The van der Waals surface area contributed by atoms with Crippen LogP contribution in [0.2, 0.25) is 0 Å². The summed E-state index contributed by atoms with van der Waals surface area (Å²) in [6.07, 6.45) is 6.46. The molecule has 6 nitrogen and oxygen atoms in total. The zero-order chi connectivity index (χ0) is 15.6. The van der Waals surface area contributed by atoms with Gasteiger partial charge in [0.15, 0.2) is 0 Å². The van der Waals surface area contributed by atoms with Gasteiger partial charge in [0.2, 0.25) is 10.0 Å². The van der Waals surface area contributed by atoms with E-state index in [-0.39, 0.29) is 43.3 Å². The maximum Gasteiger partial charge on any atom is 0.214 e. The molecule has 1 saturated heterocycles. The van der Waals surface area contributed by atoms with E-state index in [0.29, 0.717) is 0 Å². The summed E-state index contributed by atoms with van der Waals surface area (Å²) in [5.41, 5.74) is 5.86. The molecule has 0 aromatic carbocycles. The van der Waals surface area contributed by atoms with E-state index in [1.807, 2.05) is 0 Å². The van der Waals surface area contributed by atoms with Gasteiger partial charge in [0.1, 0.15) is 9.84 Å². The highest BCUT2D eigenvalue weighted by Gasteiger charge is 2.34. The van der Waals surface area contributed by atoms with Crippen LogP contribution < -0.4 is 10.5 Å². The number of nitrogens with two attached hydrogens (primary N) is 1. The third kappa shape index (κ3) is 5.63. The summed E-state index contributed by atoms with van der Waals surface area (Å²) < 4.78 is 50.0. The largest absolute Gasteiger partial charge is 0.324 e. The summed E-state index contributed by atoms with van der Waals surface area (Å²) in [6.45, 7) is 0.262. The summed E-state index contributed by atoms with van der Waals surface area (Å²) in [7, 11) is -6.52. The Morgan fingerprint density at radius 1 is 1.05 bits per heavy atom. The first-order valence-corrected chi connectivity index (χ1v) is 11.1. The number of nitrogens with one attached hydrogen (secondary N) is 1. The Hall–Kier alpha value is 0.110. The third-order valence-corrected chi connectivity index (χ3v) is 8.28. The molecule has 0 aromatic heterocycles. The Morgan fingerprint density at radius 2 is 1.55 bits per heavy atom. The Morgan fingerprint density at radius 3 is 2.05 bits per heavy atom. The maximum atomic E-state index is 12.3. The molecule has 0 radical (unpaired) electrons. The van der Waals surface area contributed by atoms with Crippen LogP contribution >= 0.6 is 12.4 Å². The maximum absolute atomic E-state index is 12.3. The molecule has 9 heteroatoms. The van der Waals surface area contributed by atoms with Crippen LogP contribution in [0.15, 0.2) is 0 Å². The highest BCUT2D eigenvalue weighted by atomic mass is 35.5. The summed E-state index contributed by atoms with van der Waals surface area (Å²) in [5, 5.41) is -0.601. The lowest BCUT2D eigenvalue weighted by Gasteiger charge is -2.30. The summed E-state index contributed by atoms with van der Waals surface area (Å²) in [4.78, 5) is 0. The molecule has 0 unspecified atom stereocenters. The second-order valence-corrected chi connectivity index (χ2v) is 10.8. The van der Waals surface area contributed by atoms with Gasteiger partial charge in [-0.15, -0.1) is 12.4 Å². The predicted octanol–water partition coefficient (Wildman–Crippen LogP) is 0.956. The minimum atomic E-state index is -3.48. The molecular formula is C13H27ClN2O4S2. The van der Waals surface area contributed by atoms with Crippen LogP contribution in [0, 0.1) is 0 Å². The fourth-order valence-electron chi connectivity index (χ4n) is 3.15. The van der Waals surface area contributed by atoms with Crippen molar-refractivity contribution in [1.29, 1.82) is 0 Å². The van der Waals surface area contributed by atoms with Crippen molar-refractivity contribution in [2.45, 2.75) is 62.2 Å². The van der Waals surface area contributed by atoms with Gasteiger partial charge < -0.3 is 5.73 Å². The van der Waals surface area contributed by atoms with Gasteiger partial charge in [0.25, 0.3) is 0 Å². The van der Waals surface area contributed by atoms with Crippen molar-refractivity contribution < 1.29 is 16.8 Å². The molecule has 0 spiro atoms. The monoisotopic (exact) mass is 374 g/mol. The Kier molecular flexibility index (Phi) is 7.13. The highest BCUT2D eigenvalue weighted by molar-refractivity contribution is 7.92. The SMILES string of the molecule is Cl.NC1(CNS(=O)(=O)C2CCS(=O)(=O)CC2)CCCCCC1.